The third-order valence-corrected chi connectivity index (χ3v) is 11.2. The van der Waals surface area contributed by atoms with Crippen LogP contribution in [0, 0.1) is 0 Å². The molecule has 0 radical (unpaired) electrons. The van der Waals surface area contributed by atoms with Gasteiger partial charge in [0, 0.05) is 28.2 Å². The summed E-state index contributed by atoms with van der Waals surface area (Å²) in [5.74, 6) is 0.628. The van der Waals surface area contributed by atoms with Gasteiger partial charge in [-0.05, 0) is 123 Å². The highest BCUT2D eigenvalue weighted by atomic mass is 15.1. The second kappa shape index (κ2) is 11.5. The van der Waals surface area contributed by atoms with E-state index in [1.807, 2.05) is 0 Å². The normalized spacial score (nSPS) is 16.7. The van der Waals surface area contributed by atoms with Gasteiger partial charge in [0.25, 0.3) is 0 Å². The highest BCUT2D eigenvalue weighted by Crippen LogP contribution is 2.53. The fourth-order valence-corrected chi connectivity index (χ4v) is 8.89. The second-order valence-corrected chi connectivity index (χ2v) is 14.0. The lowest BCUT2D eigenvalue weighted by atomic mass is 9.81. The van der Waals surface area contributed by atoms with E-state index in [-0.39, 0.29) is 0 Å². The zero-order valence-electron chi connectivity index (χ0n) is 27.5. The Kier molecular flexibility index (Phi) is 6.65. The molecule has 2 heterocycles. The van der Waals surface area contributed by atoms with Crippen LogP contribution in [0.3, 0.4) is 0 Å². The number of benzene rings is 7. The lowest BCUT2D eigenvalue weighted by Gasteiger charge is -2.28. The minimum absolute atomic E-state index is 0.596. The summed E-state index contributed by atoms with van der Waals surface area (Å²) in [5.41, 5.74) is 16.9. The van der Waals surface area contributed by atoms with Gasteiger partial charge in [0.05, 0.1) is 5.52 Å². The zero-order chi connectivity index (χ0) is 32.3. The quantitative estimate of drug-likeness (QED) is 0.179. The standard InChI is InChI=1S/C48H37N/c1-3-13-32(14-4-1)38-27-39(33-15-5-2-6-16-33)29-40(28-38)36-19-11-17-34(25-36)35-18-12-20-37(26-35)41-30-44-42-21-7-9-23-46(42)49-47-24-10-8-22-43(47)45(31-41)48(44)49/h1-7,9,11-21,23,25-31,43,47H,8,10,22,24H2. The molecule has 0 bridgehead atoms. The Morgan fingerprint density at radius 3 is 1.47 bits per heavy atom. The maximum Gasteiger partial charge on any atom is 0.0530 e. The molecular weight excluding hydrogens is 591 g/mol. The molecule has 1 saturated carbocycles. The summed E-state index contributed by atoms with van der Waals surface area (Å²) in [6.07, 6.45) is 5.25. The van der Waals surface area contributed by atoms with Crippen LogP contribution in [0.1, 0.15) is 43.2 Å². The van der Waals surface area contributed by atoms with E-state index in [2.05, 4.69) is 168 Å². The number of hydrogen-bond acceptors (Lipinski definition) is 0. The minimum atomic E-state index is 0.596. The molecule has 0 saturated heterocycles. The average molecular weight is 628 g/mol. The summed E-state index contributed by atoms with van der Waals surface area (Å²) < 4.78 is 2.70. The monoisotopic (exact) mass is 627 g/mol. The van der Waals surface area contributed by atoms with Crippen molar-refractivity contribution >= 4 is 21.8 Å². The molecule has 1 aliphatic carbocycles. The zero-order valence-corrected chi connectivity index (χ0v) is 27.5. The van der Waals surface area contributed by atoms with E-state index in [4.69, 9.17) is 0 Å². The molecule has 0 N–H and O–H groups in total. The molecule has 8 aromatic rings. The first kappa shape index (κ1) is 28.4. The summed E-state index contributed by atoms with van der Waals surface area (Å²) >= 11 is 0. The molecule has 1 nitrogen and oxygen atoms in total. The van der Waals surface area contributed by atoms with Crippen molar-refractivity contribution in [2.45, 2.75) is 37.6 Å². The van der Waals surface area contributed by atoms with Crippen LogP contribution in [0.4, 0.5) is 0 Å². The van der Waals surface area contributed by atoms with Gasteiger partial charge in [-0.15, -0.1) is 0 Å². The number of nitrogens with zero attached hydrogens (tertiary/aromatic N) is 1. The van der Waals surface area contributed by atoms with Crippen molar-refractivity contribution in [3.63, 3.8) is 0 Å². The average Bonchev–Trinajstić information content (AvgIpc) is 3.70. The molecule has 1 aliphatic heterocycles. The van der Waals surface area contributed by atoms with E-state index < -0.39 is 0 Å². The van der Waals surface area contributed by atoms with Crippen LogP contribution in [0.25, 0.3) is 77.4 Å². The van der Waals surface area contributed by atoms with Crippen molar-refractivity contribution in [1.29, 1.82) is 0 Å². The van der Waals surface area contributed by atoms with Gasteiger partial charge < -0.3 is 4.57 Å². The molecule has 1 heteroatoms. The molecule has 0 spiro atoms. The molecule has 7 aromatic carbocycles. The van der Waals surface area contributed by atoms with Gasteiger partial charge in [-0.25, -0.2) is 0 Å². The Hall–Kier alpha value is -5.66. The number of aromatic nitrogens is 1. The fourth-order valence-electron chi connectivity index (χ4n) is 8.89. The number of fused-ring (bicyclic) bond motifs is 6. The maximum absolute atomic E-state index is 2.70. The van der Waals surface area contributed by atoms with E-state index in [0.29, 0.717) is 12.0 Å². The van der Waals surface area contributed by atoms with Gasteiger partial charge in [-0.2, -0.15) is 0 Å². The van der Waals surface area contributed by atoms with Gasteiger partial charge in [0.2, 0.25) is 0 Å². The van der Waals surface area contributed by atoms with Gasteiger partial charge in [-0.3, -0.25) is 0 Å². The van der Waals surface area contributed by atoms with Gasteiger partial charge in [-0.1, -0.05) is 128 Å². The van der Waals surface area contributed by atoms with Gasteiger partial charge >= 0.3 is 0 Å². The van der Waals surface area contributed by atoms with E-state index in [0.717, 1.165) is 0 Å². The molecule has 2 atom stereocenters. The smallest absolute Gasteiger partial charge is 0.0530 e. The Morgan fingerprint density at radius 2 is 0.837 bits per heavy atom. The van der Waals surface area contributed by atoms with Crippen molar-refractivity contribution < 1.29 is 0 Å². The highest BCUT2D eigenvalue weighted by Gasteiger charge is 2.37. The highest BCUT2D eigenvalue weighted by molar-refractivity contribution is 6.11. The summed E-state index contributed by atoms with van der Waals surface area (Å²) in [7, 11) is 0. The number of para-hydroxylation sites is 1. The van der Waals surface area contributed by atoms with E-state index in [1.165, 1.54) is 103 Å². The molecule has 49 heavy (non-hydrogen) atoms. The molecule has 0 amide bonds. The molecule has 2 aliphatic rings. The van der Waals surface area contributed by atoms with Crippen molar-refractivity contribution in [3.05, 3.63) is 169 Å². The molecular formula is C48H37N. The van der Waals surface area contributed by atoms with E-state index in [1.54, 1.807) is 5.56 Å². The first-order chi connectivity index (χ1) is 24.3. The Balaban J connectivity index is 1.07. The summed E-state index contributed by atoms with van der Waals surface area (Å²) in [6, 6.07) is 61.4. The molecule has 1 aromatic heterocycles. The first-order valence-electron chi connectivity index (χ1n) is 17.8. The van der Waals surface area contributed by atoms with Crippen LogP contribution in [0.2, 0.25) is 0 Å². The Morgan fingerprint density at radius 1 is 0.367 bits per heavy atom. The van der Waals surface area contributed by atoms with Crippen LogP contribution in [0.5, 0.6) is 0 Å². The summed E-state index contributed by atoms with van der Waals surface area (Å²) in [5, 5.41) is 2.80. The van der Waals surface area contributed by atoms with Crippen LogP contribution in [-0.2, 0) is 0 Å². The number of rotatable bonds is 5. The summed E-state index contributed by atoms with van der Waals surface area (Å²) in [6.45, 7) is 0. The fraction of sp³-hybridized carbons (Fsp3) is 0.125. The van der Waals surface area contributed by atoms with E-state index in [9.17, 15) is 0 Å². The van der Waals surface area contributed by atoms with E-state index >= 15 is 0 Å². The number of hydrogen-bond donors (Lipinski definition) is 0. The van der Waals surface area contributed by atoms with Gasteiger partial charge in [0.1, 0.15) is 0 Å². The first-order valence-corrected chi connectivity index (χ1v) is 17.8. The van der Waals surface area contributed by atoms with Crippen molar-refractivity contribution in [3.8, 4) is 55.6 Å². The maximum atomic E-state index is 2.70. The summed E-state index contributed by atoms with van der Waals surface area (Å²) in [4.78, 5) is 0. The SMILES string of the molecule is c1ccc(-c2cc(-c3ccccc3)cc(-c3cccc(-c4cccc(-c5cc6c7c(c5)c5ccccc5n7C5CCCCC65)c4)c3)c2)cc1. The lowest BCUT2D eigenvalue weighted by Crippen LogP contribution is -2.15. The molecule has 1 fully saturated rings. The van der Waals surface area contributed by atoms with Crippen molar-refractivity contribution in [2.75, 3.05) is 0 Å². The largest absolute Gasteiger partial charge is 0.336 e. The lowest BCUT2D eigenvalue weighted by molar-refractivity contribution is 0.336. The Labute approximate surface area is 288 Å². The van der Waals surface area contributed by atoms with Crippen molar-refractivity contribution in [1.82, 2.24) is 4.57 Å². The second-order valence-electron chi connectivity index (χ2n) is 14.0. The van der Waals surface area contributed by atoms with Crippen LogP contribution >= 0.6 is 0 Å². The van der Waals surface area contributed by atoms with Crippen LogP contribution < -0.4 is 0 Å². The topological polar surface area (TPSA) is 4.93 Å². The third kappa shape index (κ3) is 4.76. The molecule has 2 unspecified atom stereocenters. The molecule has 10 rings (SSSR count). The predicted molar refractivity (Wildman–Crippen MR) is 207 cm³/mol. The van der Waals surface area contributed by atoms with Crippen molar-refractivity contribution in [2.24, 2.45) is 0 Å². The predicted octanol–water partition coefficient (Wildman–Crippen LogP) is 13.3. The van der Waals surface area contributed by atoms with Gasteiger partial charge in [0.15, 0.2) is 0 Å². The van der Waals surface area contributed by atoms with Crippen LogP contribution in [-0.4, -0.2) is 4.57 Å². The third-order valence-electron chi connectivity index (χ3n) is 11.2. The molecule has 234 valence electrons. The minimum Gasteiger partial charge on any atom is -0.336 e. The Bertz CT molecular complexity index is 2440. The van der Waals surface area contributed by atoms with Crippen LogP contribution in [0.15, 0.2) is 164 Å².